The quantitative estimate of drug-likeness (QED) is 0.752. The highest BCUT2D eigenvalue weighted by Gasteiger charge is 2.20. The lowest BCUT2D eigenvalue weighted by Crippen LogP contribution is -2.47. The molecule has 1 fully saturated rings. The van der Waals surface area contributed by atoms with Crippen LogP contribution in [-0.4, -0.2) is 30.1 Å². The molecular weight excluding hydrogens is 236 g/mol. The SMILES string of the molecule is O=C(NCC(O)c1ccsc1)C1CCCCN1. The number of piperidine rings is 1. The average molecular weight is 254 g/mol. The van der Waals surface area contributed by atoms with E-state index in [0.29, 0.717) is 0 Å². The lowest BCUT2D eigenvalue weighted by molar-refractivity contribution is -0.124. The summed E-state index contributed by atoms with van der Waals surface area (Å²) < 4.78 is 0. The lowest BCUT2D eigenvalue weighted by atomic mass is 10.0. The van der Waals surface area contributed by atoms with Gasteiger partial charge in [-0.1, -0.05) is 6.42 Å². The predicted octanol–water partition coefficient (Wildman–Crippen LogP) is 1.04. The third-order valence-electron chi connectivity index (χ3n) is 3.02. The molecule has 1 aromatic rings. The van der Waals surface area contributed by atoms with Crippen molar-refractivity contribution in [1.82, 2.24) is 10.6 Å². The molecule has 2 heterocycles. The maximum absolute atomic E-state index is 11.8. The highest BCUT2D eigenvalue weighted by atomic mass is 32.1. The maximum atomic E-state index is 11.8. The Kier molecular flexibility index (Phi) is 4.53. The highest BCUT2D eigenvalue weighted by molar-refractivity contribution is 7.07. The summed E-state index contributed by atoms with van der Waals surface area (Å²) in [6, 6.07) is 1.79. The Hall–Kier alpha value is -0.910. The van der Waals surface area contributed by atoms with Gasteiger partial charge in [0, 0.05) is 6.54 Å². The fraction of sp³-hybridized carbons (Fsp3) is 0.583. The van der Waals surface area contributed by atoms with Crippen LogP contribution < -0.4 is 10.6 Å². The fourth-order valence-electron chi connectivity index (χ4n) is 1.98. The largest absolute Gasteiger partial charge is 0.387 e. The molecule has 2 rings (SSSR count). The minimum atomic E-state index is -0.603. The Balaban J connectivity index is 1.75. The Morgan fingerprint density at radius 3 is 3.18 bits per heavy atom. The molecule has 1 amide bonds. The van der Waals surface area contributed by atoms with Crippen LogP contribution in [0.3, 0.4) is 0 Å². The van der Waals surface area contributed by atoms with Crippen LogP contribution in [0.2, 0.25) is 0 Å². The molecule has 0 aliphatic carbocycles. The van der Waals surface area contributed by atoms with Gasteiger partial charge >= 0.3 is 0 Å². The molecule has 2 unspecified atom stereocenters. The Bertz CT molecular complexity index is 347. The number of rotatable bonds is 4. The summed E-state index contributed by atoms with van der Waals surface area (Å²) in [5.74, 6) is -0.000945. The fourth-order valence-corrected chi connectivity index (χ4v) is 2.69. The number of aliphatic hydroxyl groups excluding tert-OH is 1. The molecule has 1 aromatic heterocycles. The van der Waals surface area contributed by atoms with Crippen LogP contribution >= 0.6 is 11.3 Å². The van der Waals surface area contributed by atoms with E-state index >= 15 is 0 Å². The second-order valence-corrected chi connectivity index (χ2v) is 5.10. The van der Waals surface area contributed by atoms with Crippen LogP contribution in [-0.2, 0) is 4.79 Å². The Labute approximate surface area is 105 Å². The topological polar surface area (TPSA) is 61.4 Å². The first-order valence-corrected chi connectivity index (χ1v) is 6.93. The second-order valence-electron chi connectivity index (χ2n) is 4.32. The van der Waals surface area contributed by atoms with Crippen molar-refractivity contribution in [2.45, 2.75) is 31.4 Å². The van der Waals surface area contributed by atoms with Gasteiger partial charge in [-0.25, -0.2) is 0 Å². The number of hydrogen-bond acceptors (Lipinski definition) is 4. The molecule has 1 saturated heterocycles. The van der Waals surface area contributed by atoms with E-state index in [1.54, 1.807) is 11.3 Å². The normalized spacial score (nSPS) is 22.1. The zero-order chi connectivity index (χ0) is 12.1. The molecule has 0 saturated carbocycles. The van der Waals surface area contributed by atoms with E-state index in [-0.39, 0.29) is 18.5 Å². The molecular formula is C12H18N2O2S. The molecule has 1 aliphatic heterocycles. The third-order valence-corrected chi connectivity index (χ3v) is 3.73. The van der Waals surface area contributed by atoms with Crippen LogP contribution in [0.1, 0.15) is 30.9 Å². The van der Waals surface area contributed by atoms with E-state index in [1.165, 1.54) is 0 Å². The minimum Gasteiger partial charge on any atom is -0.387 e. The van der Waals surface area contributed by atoms with Gasteiger partial charge in [0.25, 0.3) is 0 Å². The van der Waals surface area contributed by atoms with E-state index < -0.39 is 6.10 Å². The number of aliphatic hydroxyl groups is 1. The minimum absolute atomic E-state index is 0.000945. The number of carbonyl (C=O) groups is 1. The average Bonchev–Trinajstić information content (AvgIpc) is 2.90. The van der Waals surface area contributed by atoms with Crippen molar-refractivity contribution in [2.75, 3.05) is 13.1 Å². The van der Waals surface area contributed by atoms with Crippen molar-refractivity contribution in [3.63, 3.8) is 0 Å². The lowest BCUT2D eigenvalue weighted by Gasteiger charge is -2.23. The zero-order valence-corrected chi connectivity index (χ0v) is 10.5. The van der Waals surface area contributed by atoms with Crippen LogP contribution in [0.15, 0.2) is 16.8 Å². The van der Waals surface area contributed by atoms with Gasteiger partial charge in [-0.15, -0.1) is 0 Å². The smallest absolute Gasteiger partial charge is 0.237 e. The molecule has 0 bridgehead atoms. The Morgan fingerprint density at radius 1 is 1.65 bits per heavy atom. The van der Waals surface area contributed by atoms with Crippen molar-refractivity contribution in [2.24, 2.45) is 0 Å². The monoisotopic (exact) mass is 254 g/mol. The van der Waals surface area contributed by atoms with Crippen LogP contribution in [0.4, 0.5) is 0 Å². The molecule has 2 atom stereocenters. The molecule has 17 heavy (non-hydrogen) atoms. The summed E-state index contributed by atoms with van der Waals surface area (Å²) >= 11 is 1.55. The summed E-state index contributed by atoms with van der Waals surface area (Å²) in [4.78, 5) is 11.8. The molecule has 1 aliphatic rings. The summed E-state index contributed by atoms with van der Waals surface area (Å²) in [5, 5.41) is 19.6. The first kappa shape index (κ1) is 12.5. The first-order chi connectivity index (χ1) is 8.27. The van der Waals surface area contributed by atoms with Gasteiger partial charge in [0.2, 0.25) is 5.91 Å². The number of thiophene rings is 1. The summed E-state index contributed by atoms with van der Waals surface area (Å²) in [5.41, 5.74) is 0.868. The summed E-state index contributed by atoms with van der Waals surface area (Å²) in [6.45, 7) is 1.19. The first-order valence-electron chi connectivity index (χ1n) is 5.98. The van der Waals surface area contributed by atoms with Crippen LogP contribution in [0.5, 0.6) is 0 Å². The number of nitrogens with one attached hydrogen (secondary N) is 2. The zero-order valence-electron chi connectivity index (χ0n) is 9.69. The summed E-state index contributed by atoms with van der Waals surface area (Å²) in [6.07, 6.45) is 2.52. The molecule has 0 aromatic carbocycles. The molecule has 3 N–H and O–H groups in total. The van der Waals surface area contributed by atoms with Crippen molar-refractivity contribution < 1.29 is 9.90 Å². The van der Waals surface area contributed by atoms with Gasteiger partial charge in [-0.05, 0) is 41.8 Å². The number of hydrogen-bond donors (Lipinski definition) is 3. The predicted molar refractivity (Wildman–Crippen MR) is 67.9 cm³/mol. The number of amides is 1. The van der Waals surface area contributed by atoms with Crippen LogP contribution in [0.25, 0.3) is 0 Å². The molecule has 5 heteroatoms. The van der Waals surface area contributed by atoms with Crippen molar-refractivity contribution in [3.8, 4) is 0 Å². The molecule has 94 valence electrons. The van der Waals surface area contributed by atoms with Gasteiger partial charge in [0.05, 0.1) is 12.1 Å². The van der Waals surface area contributed by atoms with E-state index in [9.17, 15) is 9.90 Å². The van der Waals surface area contributed by atoms with E-state index in [1.807, 2.05) is 16.8 Å². The van der Waals surface area contributed by atoms with E-state index in [2.05, 4.69) is 10.6 Å². The molecule has 0 spiro atoms. The second kappa shape index (κ2) is 6.14. The van der Waals surface area contributed by atoms with Crippen molar-refractivity contribution >= 4 is 17.2 Å². The standard InChI is InChI=1S/C12H18N2O2S/c15-11(9-4-6-17-8-9)7-14-12(16)10-3-1-2-5-13-10/h4,6,8,10-11,13,15H,1-3,5,7H2,(H,14,16). The van der Waals surface area contributed by atoms with Gasteiger partial charge < -0.3 is 15.7 Å². The van der Waals surface area contributed by atoms with E-state index in [0.717, 1.165) is 31.4 Å². The molecule has 0 radical (unpaired) electrons. The van der Waals surface area contributed by atoms with Crippen LogP contribution in [0, 0.1) is 0 Å². The molecule has 4 nitrogen and oxygen atoms in total. The summed E-state index contributed by atoms with van der Waals surface area (Å²) in [7, 11) is 0. The third kappa shape index (κ3) is 3.52. The van der Waals surface area contributed by atoms with Crippen molar-refractivity contribution in [1.29, 1.82) is 0 Å². The van der Waals surface area contributed by atoms with Gasteiger partial charge in [0.1, 0.15) is 0 Å². The van der Waals surface area contributed by atoms with E-state index in [4.69, 9.17) is 0 Å². The van der Waals surface area contributed by atoms with Gasteiger partial charge in [0.15, 0.2) is 0 Å². The Morgan fingerprint density at radius 2 is 2.53 bits per heavy atom. The number of carbonyl (C=O) groups excluding carboxylic acids is 1. The van der Waals surface area contributed by atoms with Gasteiger partial charge in [-0.2, -0.15) is 11.3 Å². The maximum Gasteiger partial charge on any atom is 0.237 e. The van der Waals surface area contributed by atoms with Gasteiger partial charge in [-0.3, -0.25) is 4.79 Å². The highest BCUT2D eigenvalue weighted by Crippen LogP contribution is 2.15. The van der Waals surface area contributed by atoms with Crippen molar-refractivity contribution in [3.05, 3.63) is 22.4 Å².